The van der Waals surface area contributed by atoms with E-state index in [0.29, 0.717) is 0 Å². The fourth-order valence-electron chi connectivity index (χ4n) is 2.12. The highest BCUT2D eigenvalue weighted by atomic mass is 32.2. The maximum Gasteiger partial charge on any atom is 0.235 e. The zero-order valence-electron chi connectivity index (χ0n) is 12.2. The first kappa shape index (κ1) is 17.4. The first-order valence-corrected chi connectivity index (χ1v) is 9.95. The second-order valence-corrected chi connectivity index (χ2v) is 10.3. The Morgan fingerprint density at radius 2 is 1.90 bits per heavy atom. The average molecular weight is 326 g/mol. The Morgan fingerprint density at radius 1 is 1.35 bits per heavy atom. The summed E-state index contributed by atoms with van der Waals surface area (Å²) in [4.78, 5) is 11.9. The smallest absolute Gasteiger partial charge is 0.235 e. The van der Waals surface area contributed by atoms with Crippen LogP contribution in [0.15, 0.2) is 0 Å². The molecule has 118 valence electrons. The Labute approximate surface area is 120 Å². The van der Waals surface area contributed by atoms with Gasteiger partial charge in [-0.05, 0) is 27.2 Å². The van der Waals surface area contributed by atoms with E-state index in [1.165, 1.54) is 0 Å². The van der Waals surface area contributed by atoms with Gasteiger partial charge in [0.25, 0.3) is 0 Å². The third kappa shape index (κ3) is 5.37. The number of amides is 1. The number of carbonyl (C=O) groups is 1. The third-order valence-electron chi connectivity index (χ3n) is 2.86. The fraction of sp³-hybridized carbons (Fsp3) is 0.909. The lowest BCUT2D eigenvalue weighted by atomic mass is 10.1. The summed E-state index contributed by atoms with van der Waals surface area (Å²) in [7, 11) is -6.85. The van der Waals surface area contributed by atoms with E-state index in [-0.39, 0.29) is 24.5 Å². The van der Waals surface area contributed by atoms with Crippen molar-refractivity contribution in [3.63, 3.8) is 0 Å². The van der Waals surface area contributed by atoms with Crippen molar-refractivity contribution in [2.45, 2.75) is 38.8 Å². The van der Waals surface area contributed by atoms with E-state index >= 15 is 0 Å². The van der Waals surface area contributed by atoms with Gasteiger partial charge >= 0.3 is 0 Å². The molecule has 1 saturated heterocycles. The third-order valence-corrected chi connectivity index (χ3v) is 5.89. The molecule has 1 unspecified atom stereocenters. The predicted octanol–water partition coefficient (Wildman–Crippen LogP) is -0.650. The highest BCUT2D eigenvalue weighted by Gasteiger charge is 2.37. The van der Waals surface area contributed by atoms with E-state index in [1.807, 2.05) is 0 Å². The molecule has 1 heterocycles. The molecule has 20 heavy (non-hydrogen) atoms. The number of nitrogens with zero attached hydrogens (tertiary/aromatic N) is 1. The summed E-state index contributed by atoms with van der Waals surface area (Å²) in [5.74, 6) is -0.694. The van der Waals surface area contributed by atoms with Crippen LogP contribution < -0.4 is 5.32 Å². The largest absolute Gasteiger partial charge is 0.350 e. The molecule has 1 aliphatic rings. The van der Waals surface area contributed by atoms with Crippen LogP contribution in [0.4, 0.5) is 0 Å². The van der Waals surface area contributed by atoms with Gasteiger partial charge in [-0.3, -0.25) is 4.79 Å². The summed E-state index contributed by atoms with van der Waals surface area (Å²) in [5.41, 5.74) is -0.470. The Morgan fingerprint density at radius 3 is 2.25 bits per heavy atom. The van der Waals surface area contributed by atoms with Gasteiger partial charge in [0.2, 0.25) is 15.9 Å². The van der Waals surface area contributed by atoms with E-state index in [9.17, 15) is 21.6 Å². The quantitative estimate of drug-likeness (QED) is 0.740. The van der Waals surface area contributed by atoms with Crippen LogP contribution in [0.5, 0.6) is 0 Å². The Bertz CT molecular complexity index is 574. The van der Waals surface area contributed by atoms with E-state index in [0.717, 1.165) is 10.6 Å². The summed E-state index contributed by atoms with van der Waals surface area (Å²) in [5, 5.41) is 2.67. The molecule has 1 rings (SSSR count). The molecule has 1 N–H and O–H groups in total. The monoisotopic (exact) mass is 326 g/mol. The molecular formula is C11H22N2O5S2. The highest BCUT2D eigenvalue weighted by molar-refractivity contribution is 7.92. The van der Waals surface area contributed by atoms with Gasteiger partial charge in [-0.1, -0.05) is 0 Å². The van der Waals surface area contributed by atoms with Crippen molar-refractivity contribution >= 4 is 25.8 Å². The normalized spacial score (nSPS) is 22.9. The lowest BCUT2D eigenvalue weighted by molar-refractivity contribution is -0.123. The van der Waals surface area contributed by atoms with Gasteiger partial charge in [0.15, 0.2) is 9.84 Å². The van der Waals surface area contributed by atoms with Crippen molar-refractivity contribution in [2.24, 2.45) is 0 Å². The van der Waals surface area contributed by atoms with Gasteiger partial charge in [0.05, 0.1) is 24.3 Å². The number of hydrogen-bond acceptors (Lipinski definition) is 5. The standard InChI is InChI=1S/C11H22N2O5S2/c1-11(2,3)12-10(14)7-13(19(4,15)16)9-5-6-20(17,18)8-9/h9H,5-8H2,1-4H3,(H,12,14). The van der Waals surface area contributed by atoms with Crippen LogP contribution in [-0.4, -0.2) is 62.9 Å². The summed E-state index contributed by atoms with van der Waals surface area (Å²) in [6.45, 7) is 5.01. The van der Waals surface area contributed by atoms with Gasteiger partial charge in [-0.25, -0.2) is 16.8 Å². The van der Waals surface area contributed by atoms with Crippen LogP contribution in [0.25, 0.3) is 0 Å². The van der Waals surface area contributed by atoms with Crippen LogP contribution in [0, 0.1) is 0 Å². The second-order valence-electron chi connectivity index (χ2n) is 6.16. The molecule has 0 radical (unpaired) electrons. The number of carbonyl (C=O) groups excluding carboxylic acids is 1. The molecule has 0 saturated carbocycles. The molecule has 0 aromatic rings. The summed E-state index contributed by atoms with van der Waals surface area (Å²) in [6, 6.07) is -0.652. The lowest BCUT2D eigenvalue weighted by Crippen LogP contribution is -2.50. The molecule has 1 fully saturated rings. The zero-order chi connectivity index (χ0) is 15.8. The molecule has 1 atom stereocenters. The number of hydrogen-bond donors (Lipinski definition) is 1. The topological polar surface area (TPSA) is 101 Å². The first-order valence-electron chi connectivity index (χ1n) is 6.28. The van der Waals surface area contributed by atoms with E-state index < -0.39 is 37.3 Å². The summed E-state index contributed by atoms with van der Waals surface area (Å²) >= 11 is 0. The van der Waals surface area contributed by atoms with Crippen LogP contribution in [-0.2, 0) is 24.7 Å². The van der Waals surface area contributed by atoms with E-state index in [1.54, 1.807) is 20.8 Å². The molecule has 0 spiro atoms. The average Bonchev–Trinajstić information content (AvgIpc) is 2.50. The van der Waals surface area contributed by atoms with Gasteiger partial charge < -0.3 is 5.32 Å². The summed E-state index contributed by atoms with van der Waals surface area (Å²) < 4.78 is 47.5. The zero-order valence-corrected chi connectivity index (χ0v) is 13.8. The molecule has 1 amide bonds. The number of rotatable bonds is 4. The minimum absolute atomic E-state index is 0.0371. The minimum atomic E-state index is -3.64. The summed E-state index contributed by atoms with van der Waals surface area (Å²) in [6.07, 6.45) is 1.22. The van der Waals surface area contributed by atoms with Crippen molar-refractivity contribution in [1.29, 1.82) is 0 Å². The predicted molar refractivity (Wildman–Crippen MR) is 76.5 cm³/mol. The Hall–Kier alpha value is -0.670. The number of sulfonamides is 1. The second kappa shape index (κ2) is 5.61. The Balaban J connectivity index is 2.86. The van der Waals surface area contributed by atoms with Gasteiger partial charge in [0, 0.05) is 11.6 Å². The van der Waals surface area contributed by atoms with Crippen LogP contribution >= 0.6 is 0 Å². The lowest BCUT2D eigenvalue weighted by Gasteiger charge is -2.27. The molecule has 0 aromatic carbocycles. The number of nitrogens with one attached hydrogen (secondary N) is 1. The van der Waals surface area contributed by atoms with Crippen molar-refractivity contribution in [1.82, 2.24) is 9.62 Å². The van der Waals surface area contributed by atoms with Crippen LogP contribution in [0.3, 0.4) is 0 Å². The molecule has 1 aliphatic heterocycles. The number of sulfone groups is 1. The van der Waals surface area contributed by atoms with Crippen molar-refractivity contribution in [3.05, 3.63) is 0 Å². The molecule has 0 aliphatic carbocycles. The van der Waals surface area contributed by atoms with E-state index in [2.05, 4.69) is 5.32 Å². The van der Waals surface area contributed by atoms with Gasteiger partial charge in [-0.15, -0.1) is 0 Å². The van der Waals surface area contributed by atoms with E-state index in [4.69, 9.17) is 0 Å². The maximum absolute atomic E-state index is 11.9. The fourth-order valence-corrected chi connectivity index (χ4v) is 5.02. The molecule has 9 heteroatoms. The van der Waals surface area contributed by atoms with Crippen LogP contribution in [0.1, 0.15) is 27.2 Å². The SMILES string of the molecule is CC(C)(C)NC(=O)CN(C1CCS(=O)(=O)C1)S(C)(=O)=O. The van der Waals surface area contributed by atoms with Crippen LogP contribution in [0.2, 0.25) is 0 Å². The molecular weight excluding hydrogens is 304 g/mol. The van der Waals surface area contributed by atoms with Gasteiger partial charge in [0.1, 0.15) is 0 Å². The van der Waals surface area contributed by atoms with Crippen molar-refractivity contribution in [2.75, 3.05) is 24.3 Å². The molecule has 7 nitrogen and oxygen atoms in total. The van der Waals surface area contributed by atoms with Gasteiger partial charge in [-0.2, -0.15) is 4.31 Å². The minimum Gasteiger partial charge on any atom is -0.350 e. The van der Waals surface area contributed by atoms with Crippen molar-refractivity contribution in [3.8, 4) is 0 Å². The Kier molecular flexibility index (Phi) is 4.87. The molecule has 0 bridgehead atoms. The first-order chi connectivity index (χ1) is 8.80. The highest BCUT2D eigenvalue weighted by Crippen LogP contribution is 2.20. The van der Waals surface area contributed by atoms with Crippen molar-refractivity contribution < 1.29 is 21.6 Å². The maximum atomic E-state index is 11.9. The molecule has 0 aromatic heterocycles.